The lowest BCUT2D eigenvalue weighted by molar-refractivity contribution is -0.138. The van der Waals surface area contributed by atoms with Crippen molar-refractivity contribution in [1.29, 1.82) is 0 Å². The van der Waals surface area contributed by atoms with Gasteiger partial charge in [0.25, 0.3) is 0 Å². The van der Waals surface area contributed by atoms with E-state index in [9.17, 15) is 9.90 Å². The van der Waals surface area contributed by atoms with Crippen LogP contribution in [0, 0.1) is 6.92 Å². The first-order valence-electron chi connectivity index (χ1n) is 6.71. The number of hydrogen-bond acceptors (Lipinski definition) is 2. The van der Waals surface area contributed by atoms with Crippen molar-refractivity contribution in [2.24, 2.45) is 0 Å². The summed E-state index contributed by atoms with van der Waals surface area (Å²) in [6.45, 7) is 3.15. The van der Waals surface area contributed by atoms with Gasteiger partial charge in [-0.25, -0.2) is 0 Å². The molecular formula is C17H19NO2. The number of nitrogens with one attached hydrogen (secondary N) is 1. The third kappa shape index (κ3) is 3.93. The van der Waals surface area contributed by atoms with Crippen LogP contribution in [0.3, 0.4) is 0 Å². The van der Waals surface area contributed by atoms with E-state index in [4.69, 9.17) is 0 Å². The van der Waals surface area contributed by atoms with E-state index in [-0.39, 0.29) is 0 Å². The molecule has 1 unspecified atom stereocenters. The van der Waals surface area contributed by atoms with Gasteiger partial charge in [0.2, 0.25) is 0 Å². The molecule has 0 heterocycles. The smallest absolute Gasteiger partial charge is 0.312 e. The van der Waals surface area contributed by atoms with Gasteiger partial charge in [-0.2, -0.15) is 0 Å². The minimum Gasteiger partial charge on any atom is -0.481 e. The molecule has 0 spiro atoms. The van der Waals surface area contributed by atoms with E-state index < -0.39 is 11.9 Å². The maximum atomic E-state index is 11.4. The maximum absolute atomic E-state index is 11.4. The fourth-order valence-corrected chi connectivity index (χ4v) is 2.22. The Kier molecular flexibility index (Phi) is 4.91. The first kappa shape index (κ1) is 14.3. The minimum absolute atomic E-state index is 0.424. The molecule has 0 amide bonds. The van der Waals surface area contributed by atoms with Crippen LogP contribution in [0.2, 0.25) is 0 Å². The standard InChI is InChI=1S/C17H19NO2/c1-13-6-5-7-14(10-13)11-18-12-16(17(19)20)15-8-3-2-4-9-15/h2-10,16,18H,11-12H2,1H3,(H,19,20). The van der Waals surface area contributed by atoms with Gasteiger partial charge in [0, 0.05) is 13.1 Å². The summed E-state index contributed by atoms with van der Waals surface area (Å²) in [6, 6.07) is 17.5. The molecule has 3 nitrogen and oxygen atoms in total. The zero-order valence-corrected chi connectivity index (χ0v) is 11.5. The topological polar surface area (TPSA) is 49.3 Å². The Morgan fingerprint density at radius 1 is 1.15 bits per heavy atom. The summed E-state index contributed by atoms with van der Waals surface area (Å²) in [5.41, 5.74) is 3.21. The first-order valence-corrected chi connectivity index (χ1v) is 6.71. The van der Waals surface area contributed by atoms with Crippen LogP contribution in [0.4, 0.5) is 0 Å². The normalized spacial score (nSPS) is 12.1. The lowest BCUT2D eigenvalue weighted by Crippen LogP contribution is -2.26. The Morgan fingerprint density at radius 2 is 1.90 bits per heavy atom. The number of carbonyl (C=O) groups is 1. The highest BCUT2D eigenvalue weighted by molar-refractivity contribution is 5.76. The molecule has 0 bridgehead atoms. The Bertz CT molecular complexity index is 566. The number of carboxylic acid groups (broad SMARTS) is 1. The van der Waals surface area contributed by atoms with Crippen molar-refractivity contribution in [3.05, 3.63) is 71.3 Å². The molecule has 0 saturated carbocycles. The molecule has 0 radical (unpaired) electrons. The van der Waals surface area contributed by atoms with Crippen LogP contribution in [0.1, 0.15) is 22.6 Å². The van der Waals surface area contributed by atoms with Crippen LogP contribution >= 0.6 is 0 Å². The molecule has 0 aliphatic heterocycles. The number of aliphatic carboxylic acids is 1. The molecule has 0 aliphatic carbocycles. The van der Waals surface area contributed by atoms with Crippen LogP contribution in [0.25, 0.3) is 0 Å². The van der Waals surface area contributed by atoms with Gasteiger partial charge in [0.1, 0.15) is 0 Å². The Morgan fingerprint density at radius 3 is 2.55 bits per heavy atom. The van der Waals surface area contributed by atoms with E-state index >= 15 is 0 Å². The Hall–Kier alpha value is -2.13. The molecule has 0 fully saturated rings. The lowest BCUT2D eigenvalue weighted by Gasteiger charge is -2.14. The Labute approximate surface area is 119 Å². The SMILES string of the molecule is Cc1cccc(CNCC(C(=O)O)c2ccccc2)c1. The first-order chi connectivity index (χ1) is 9.66. The van der Waals surface area contributed by atoms with Crippen molar-refractivity contribution in [1.82, 2.24) is 5.32 Å². The van der Waals surface area contributed by atoms with E-state index in [0.717, 1.165) is 5.56 Å². The van der Waals surface area contributed by atoms with Gasteiger partial charge < -0.3 is 10.4 Å². The summed E-state index contributed by atoms with van der Waals surface area (Å²) in [5, 5.41) is 12.6. The Balaban J connectivity index is 1.95. The number of rotatable bonds is 6. The fourth-order valence-electron chi connectivity index (χ4n) is 2.22. The van der Waals surface area contributed by atoms with Crippen LogP contribution in [-0.2, 0) is 11.3 Å². The molecule has 2 aromatic carbocycles. The van der Waals surface area contributed by atoms with Crippen molar-refractivity contribution >= 4 is 5.97 Å². The molecule has 2 N–H and O–H groups in total. The predicted octanol–water partition coefficient (Wildman–Crippen LogP) is 2.95. The quantitative estimate of drug-likeness (QED) is 0.847. The summed E-state index contributed by atoms with van der Waals surface area (Å²) in [6.07, 6.45) is 0. The third-order valence-corrected chi connectivity index (χ3v) is 3.26. The van der Waals surface area contributed by atoms with Gasteiger partial charge in [-0.05, 0) is 18.1 Å². The van der Waals surface area contributed by atoms with Gasteiger partial charge in [0.15, 0.2) is 0 Å². The molecule has 2 aromatic rings. The number of carboxylic acids is 1. The van der Waals surface area contributed by atoms with Crippen molar-refractivity contribution in [2.75, 3.05) is 6.54 Å². The van der Waals surface area contributed by atoms with E-state index in [2.05, 4.69) is 11.4 Å². The second-order valence-corrected chi connectivity index (χ2v) is 4.92. The number of aryl methyl sites for hydroxylation is 1. The molecule has 104 valence electrons. The highest BCUT2D eigenvalue weighted by Crippen LogP contribution is 2.15. The fraction of sp³-hybridized carbons (Fsp3) is 0.235. The summed E-state index contributed by atoms with van der Waals surface area (Å²) in [4.78, 5) is 11.4. The van der Waals surface area contributed by atoms with Crippen molar-refractivity contribution in [3.63, 3.8) is 0 Å². The molecule has 0 aromatic heterocycles. The molecule has 20 heavy (non-hydrogen) atoms. The van der Waals surface area contributed by atoms with Crippen LogP contribution < -0.4 is 5.32 Å². The largest absolute Gasteiger partial charge is 0.481 e. The van der Waals surface area contributed by atoms with Gasteiger partial charge in [-0.1, -0.05) is 60.2 Å². The van der Waals surface area contributed by atoms with Crippen LogP contribution in [0.15, 0.2) is 54.6 Å². The zero-order chi connectivity index (χ0) is 14.4. The summed E-state index contributed by atoms with van der Waals surface area (Å²) in [7, 11) is 0. The lowest BCUT2D eigenvalue weighted by atomic mass is 9.99. The summed E-state index contributed by atoms with van der Waals surface area (Å²) >= 11 is 0. The second kappa shape index (κ2) is 6.87. The average Bonchev–Trinajstić information content (AvgIpc) is 2.44. The highest BCUT2D eigenvalue weighted by Gasteiger charge is 2.18. The molecule has 1 atom stereocenters. The van der Waals surface area contributed by atoms with E-state index in [1.54, 1.807) is 0 Å². The minimum atomic E-state index is -0.798. The molecular weight excluding hydrogens is 250 g/mol. The van der Waals surface area contributed by atoms with Gasteiger partial charge in [-0.15, -0.1) is 0 Å². The maximum Gasteiger partial charge on any atom is 0.312 e. The summed E-state index contributed by atoms with van der Waals surface area (Å²) < 4.78 is 0. The van der Waals surface area contributed by atoms with E-state index in [1.807, 2.05) is 55.5 Å². The second-order valence-electron chi connectivity index (χ2n) is 4.92. The van der Waals surface area contributed by atoms with Crippen LogP contribution in [-0.4, -0.2) is 17.6 Å². The third-order valence-electron chi connectivity index (χ3n) is 3.26. The van der Waals surface area contributed by atoms with Gasteiger partial charge >= 0.3 is 5.97 Å². The average molecular weight is 269 g/mol. The highest BCUT2D eigenvalue weighted by atomic mass is 16.4. The van der Waals surface area contributed by atoms with E-state index in [1.165, 1.54) is 11.1 Å². The number of benzene rings is 2. The zero-order valence-electron chi connectivity index (χ0n) is 11.5. The molecule has 3 heteroatoms. The van der Waals surface area contributed by atoms with E-state index in [0.29, 0.717) is 13.1 Å². The predicted molar refractivity (Wildman–Crippen MR) is 79.7 cm³/mol. The monoisotopic (exact) mass is 269 g/mol. The van der Waals surface area contributed by atoms with Crippen LogP contribution in [0.5, 0.6) is 0 Å². The molecule has 0 aliphatic rings. The summed E-state index contributed by atoms with van der Waals surface area (Å²) in [5.74, 6) is -1.31. The van der Waals surface area contributed by atoms with Gasteiger partial charge in [-0.3, -0.25) is 4.79 Å². The van der Waals surface area contributed by atoms with Crippen molar-refractivity contribution < 1.29 is 9.90 Å². The van der Waals surface area contributed by atoms with Gasteiger partial charge in [0.05, 0.1) is 5.92 Å². The van der Waals surface area contributed by atoms with Crippen molar-refractivity contribution in [2.45, 2.75) is 19.4 Å². The van der Waals surface area contributed by atoms with Crippen molar-refractivity contribution in [3.8, 4) is 0 Å². The number of hydrogen-bond donors (Lipinski definition) is 2. The molecule has 0 saturated heterocycles. The molecule has 2 rings (SSSR count).